The van der Waals surface area contributed by atoms with E-state index in [1.807, 2.05) is 5.57 Å². The van der Waals surface area contributed by atoms with Crippen LogP contribution in [-0.2, 0) is 9.53 Å². The first-order valence-electron chi connectivity index (χ1n) is 14.5. The van der Waals surface area contributed by atoms with E-state index in [0.29, 0.717) is 33.0 Å². The lowest BCUT2D eigenvalue weighted by Crippen LogP contribution is -2.63. The molecule has 5 aliphatic carbocycles. The van der Waals surface area contributed by atoms with Gasteiger partial charge in [0.2, 0.25) is 0 Å². The van der Waals surface area contributed by atoms with Crippen molar-refractivity contribution in [2.45, 2.75) is 133 Å². The van der Waals surface area contributed by atoms with E-state index in [1.165, 1.54) is 57.8 Å². The fraction of sp³-hybridized carbons (Fsp3) is 0.906. The van der Waals surface area contributed by atoms with E-state index in [2.05, 4.69) is 61.5 Å². The molecule has 192 valence electrons. The summed E-state index contributed by atoms with van der Waals surface area (Å²) in [6.07, 6.45) is 15.9. The molecular weight excluding hydrogens is 416 g/mol. The molecule has 4 fully saturated rings. The van der Waals surface area contributed by atoms with Gasteiger partial charge in [-0.3, -0.25) is 4.79 Å². The van der Waals surface area contributed by atoms with Crippen LogP contribution in [0, 0.1) is 50.2 Å². The summed E-state index contributed by atoms with van der Waals surface area (Å²) in [5.41, 5.74) is 3.90. The normalized spacial score (nSPS) is 51.1. The first kappa shape index (κ1) is 24.9. The van der Waals surface area contributed by atoms with Crippen LogP contribution in [0.15, 0.2) is 11.6 Å². The molecule has 0 amide bonds. The predicted octanol–water partition coefficient (Wildman–Crippen LogP) is 8.74. The van der Waals surface area contributed by atoms with Crippen molar-refractivity contribution in [1.82, 2.24) is 0 Å². The molecule has 0 aromatic carbocycles. The summed E-state index contributed by atoms with van der Waals surface area (Å²) < 4.78 is 5.90. The molecule has 0 spiro atoms. The molecule has 0 aromatic rings. The van der Waals surface area contributed by atoms with Crippen LogP contribution in [0.2, 0.25) is 0 Å². The number of allylic oxidation sites excluding steroid dienone is 2. The Balaban J connectivity index is 1.51. The van der Waals surface area contributed by atoms with Gasteiger partial charge < -0.3 is 4.74 Å². The van der Waals surface area contributed by atoms with Crippen LogP contribution in [0.25, 0.3) is 0 Å². The molecule has 0 N–H and O–H groups in total. The fourth-order valence-electron chi connectivity index (χ4n) is 11.2. The van der Waals surface area contributed by atoms with Crippen LogP contribution in [0.5, 0.6) is 0 Å². The van der Waals surface area contributed by atoms with Crippen molar-refractivity contribution in [3.05, 3.63) is 11.6 Å². The Morgan fingerprint density at radius 1 is 0.794 bits per heavy atom. The molecule has 34 heavy (non-hydrogen) atoms. The second-order valence-corrected chi connectivity index (χ2v) is 15.9. The average Bonchev–Trinajstić information content (AvgIpc) is 2.70. The van der Waals surface area contributed by atoms with Gasteiger partial charge in [0.15, 0.2) is 0 Å². The Labute approximate surface area is 210 Å². The molecule has 8 atom stereocenters. The lowest BCUT2D eigenvalue weighted by atomic mass is 9.34. The molecule has 5 rings (SSSR count). The zero-order valence-corrected chi connectivity index (χ0v) is 23.8. The van der Waals surface area contributed by atoms with E-state index in [0.717, 1.165) is 18.3 Å². The third kappa shape index (κ3) is 3.28. The van der Waals surface area contributed by atoms with Gasteiger partial charge in [0.05, 0.1) is 0 Å². The van der Waals surface area contributed by atoms with Crippen molar-refractivity contribution in [3.63, 3.8) is 0 Å². The number of carbonyl (C=O) groups excluding carboxylic acids is 1. The van der Waals surface area contributed by atoms with Crippen LogP contribution in [0.4, 0.5) is 0 Å². The SMILES string of the molecule is CC(=O)O[C@@H]1CC[C@]2(C)[C@H]3CC[C@]4(C)C(=CC[C@@]5(C)CCC(C)(C)C[C@H]54)[C@]3(C)CC[C@H]2C1(C)C. The number of hydrogen-bond acceptors (Lipinski definition) is 2. The minimum Gasteiger partial charge on any atom is -0.462 e. The number of hydrogen-bond donors (Lipinski definition) is 0. The van der Waals surface area contributed by atoms with Gasteiger partial charge in [0, 0.05) is 12.3 Å². The highest BCUT2D eigenvalue weighted by atomic mass is 16.5. The number of carbonyl (C=O) groups is 1. The van der Waals surface area contributed by atoms with E-state index in [9.17, 15) is 4.79 Å². The minimum absolute atomic E-state index is 0.0493. The number of fused-ring (bicyclic) bond motifs is 7. The topological polar surface area (TPSA) is 26.3 Å². The highest BCUT2D eigenvalue weighted by Crippen LogP contribution is 2.75. The van der Waals surface area contributed by atoms with Crippen LogP contribution >= 0.6 is 0 Å². The van der Waals surface area contributed by atoms with Crippen LogP contribution in [-0.4, -0.2) is 12.1 Å². The summed E-state index contributed by atoms with van der Waals surface area (Å²) in [4.78, 5) is 11.9. The highest BCUT2D eigenvalue weighted by molar-refractivity contribution is 5.66. The fourth-order valence-corrected chi connectivity index (χ4v) is 11.2. The Bertz CT molecular complexity index is 897. The maximum atomic E-state index is 11.9. The van der Waals surface area contributed by atoms with Crippen molar-refractivity contribution in [3.8, 4) is 0 Å². The lowest BCUT2D eigenvalue weighted by Gasteiger charge is -2.70. The summed E-state index contributed by atoms with van der Waals surface area (Å²) in [7, 11) is 0. The standard InChI is InChI=1S/C32H52O2/c1-21(33)34-26-13-17-30(7)22(28(26,4)5)11-15-31(8)23-10-14-29(6)19-18-27(2,3)20-25(29)32(23,9)16-12-24(30)31/h10,22,24-26H,11-20H2,1-9H3/t22-,24+,25+,26+,29-,30-,31-,32+/m0/s1. The van der Waals surface area contributed by atoms with Crippen molar-refractivity contribution >= 4 is 5.97 Å². The van der Waals surface area contributed by atoms with Crippen molar-refractivity contribution in [2.24, 2.45) is 50.2 Å². The largest absolute Gasteiger partial charge is 0.462 e. The predicted molar refractivity (Wildman–Crippen MR) is 140 cm³/mol. The molecule has 0 unspecified atom stereocenters. The third-order valence-electron chi connectivity index (χ3n) is 13.0. The molecule has 2 nitrogen and oxygen atoms in total. The van der Waals surface area contributed by atoms with Gasteiger partial charge in [-0.05, 0) is 109 Å². The van der Waals surface area contributed by atoms with Crippen LogP contribution < -0.4 is 0 Å². The lowest BCUT2D eigenvalue weighted by molar-refractivity contribution is -0.198. The number of ether oxygens (including phenoxy) is 1. The Morgan fingerprint density at radius 3 is 2.06 bits per heavy atom. The molecule has 0 bridgehead atoms. The number of esters is 1. The smallest absolute Gasteiger partial charge is 0.302 e. The number of rotatable bonds is 1. The quantitative estimate of drug-likeness (QED) is 0.284. The second-order valence-electron chi connectivity index (χ2n) is 15.9. The van der Waals surface area contributed by atoms with Gasteiger partial charge in [-0.15, -0.1) is 0 Å². The summed E-state index contributed by atoms with van der Waals surface area (Å²) in [6, 6.07) is 0. The highest BCUT2D eigenvalue weighted by Gasteiger charge is 2.67. The van der Waals surface area contributed by atoms with Gasteiger partial charge in [0.25, 0.3) is 0 Å². The van der Waals surface area contributed by atoms with Crippen LogP contribution in [0.3, 0.4) is 0 Å². The van der Waals surface area contributed by atoms with Crippen molar-refractivity contribution in [2.75, 3.05) is 0 Å². The molecule has 4 saturated carbocycles. The third-order valence-corrected chi connectivity index (χ3v) is 13.0. The van der Waals surface area contributed by atoms with Crippen molar-refractivity contribution in [1.29, 1.82) is 0 Å². The summed E-state index contributed by atoms with van der Waals surface area (Å²) >= 11 is 0. The van der Waals surface area contributed by atoms with E-state index in [-0.39, 0.29) is 17.5 Å². The monoisotopic (exact) mass is 468 g/mol. The first-order valence-corrected chi connectivity index (χ1v) is 14.5. The minimum atomic E-state index is -0.110. The summed E-state index contributed by atoms with van der Waals surface area (Å²) in [5, 5.41) is 0. The zero-order valence-electron chi connectivity index (χ0n) is 23.8. The molecule has 2 heteroatoms. The first-order chi connectivity index (χ1) is 15.6. The maximum absolute atomic E-state index is 11.9. The van der Waals surface area contributed by atoms with E-state index in [4.69, 9.17) is 4.74 Å². The van der Waals surface area contributed by atoms with Crippen molar-refractivity contribution < 1.29 is 9.53 Å². The molecule has 0 saturated heterocycles. The molecule has 5 aliphatic rings. The molecule has 0 aromatic heterocycles. The Morgan fingerprint density at radius 2 is 1.41 bits per heavy atom. The Kier molecular flexibility index (Phi) is 5.40. The van der Waals surface area contributed by atoms with Crippen LogP contribution in [0.1, 0.15) is 127 Å². The second kappa shape index (κ2) is 7.38. The molecular formula is C32H52O2. The van der Waals surface area contributed by atoms with Gasteiger partial charge >= 0.3 is 5.97 Å². The van der Waals surface area contributed by atoms with Gasteiger partial charge in [-0.25, -0.2) is 0 Å². The van der Waals surface area contributed by atoms with E-state index in [1.54, 1.807) is 6.92 Å². The average molecular weight is 469 g/mol. The van der Waals surface area contributed by atoms with Gasteiger partial charge in [-0.1, -0.05) is 67.0 Å². The summed E-state index contributed by atoms with van der Waals surface area (Å²) in [6.45, 7) is 22.0. The molecule has 0 heterocycles. The summed E-state index contributed by atoms with van der Waals surface area (Å²) in [5.74, 6) is 2.09. The maximum Gasteiger partial charge on any atom is 0.302 e. The Hall–Kier alpha value is -0.790. The molecule has 0 radical (unpaired) electrons. The van der Waals surface area contributed by atoms with E-state index < -0.39 is 0 Å². The molecule has 0 aliphatic heterocycles. The zero-order chi connectivity index (χ0) is 24.9. The van der Waals surface area contributed by atoms with Gasteiger partial charge in [-0.2, -0.15) is 0 Å². The van der Waals surface area contributed by atoms with Gasteiger partial charge in [0.1, 0.15) is 6.10 Å². The van der Waals surface area contributed by atoms with E-state index >= 15 is 0 Å².